The van der Waals surface area contributed by atoms with Crippen LogP contribution in [0.25, 0.3) is 0 Å². The number of aryl methyl sites for hydroxylation is 2. The van der Waals surface area contributed by atoms with Gasteiger partial charge in [-0.1, -0.05) is 0 Å². The Balaban J connectivity index is 2.69. The lowest BCUT2D eigenvalue weighted by Gasteiger charge is -2.08. The quantitative estimate of drug-likeness (QED) is 0.862. The number of carbonyl (C=O) groups is 1. The summed E-state index contributed by atoms with van der Waals surface area (Å²) in [5.41, 5.74) is 0. The van der Waals surface area contributed by atoms with Crippen LogP contribution >= 0.6 is 0 Å². The fourth-order valence-corrected chi connectivity index (χ4v) is 1.36. The van der Waals surface area contributed by atoms with Crippen molar-refractivity contribution in [2.24, 2.45) is 0 Å². The van der Waals surface area contributed by atoms with Gasteiger partial charge in [-0.05, 0) is 6.92 Å². The summed E-state index contributed by atoms with van der Waals surface area (Å²) in [5.74, 6) is -0.427. The van der Waals surface area contributed by atoms with E-state index in [2.05, 4.69) is 10.2 Å². The van der Waals surface area contributed by atoms with Crippen LogP contribution < -0.4 is 0 Å². The van der Waals surface area contributed by atoms with Crippen molar-refractivity contribution >= 4 is 5.97 Å². The van der Waals surface area contributed by atoms with E-state index in [1.807, 2.05) is 0 Å². The standard InChI is InChI=1S/C9H12F3N3O2/c1-6-13-14-7(2-4-9(10,11)12)15(6)5-3-8(16)17/h2-5H2,1H3,(H,16,17). The van der Waals surface area contributed by atoms with Crippen LogP contribution in [0.1, 0.15) is 24.5 Å². The minimum atomic E-state index is -4.25. The summed E-state index contributed by atoms with van der Waals surface area (Å²) in [6, 6.07) is 0. The number of hydrogen-bond acceptors (Lipinski definition) is 3. The second kappa shape index (κ2) is 5.15. The molecule has 0 fully saturated rings. The van der Waals surface area contributed by atoms with Crippen molar-refractivity contribution in [2.75, 3.05) is 0 Å². The summed E-state index contributed by atoms with van der Waals surface area (Å²) in [5, 5.41) is 15.8. The van der Waals surface area contributed by atoms with E-state index in [0.29, 0.717) is 5.82 Å². The molecular weight excluding hydrogens is 239 g/mol. The number of rotatable bonds is 5. The maximum atomic E-state index is 12.0. The molecule has 0 aliphatic heterocycles. The molecule has 1 aromatic heterocycles. The molecule has 0 radical (unpaired) electrons. The van der Waals surface area contributed by atoms with E-state index in [4.69, 9.17) is 5.11 Å². The van der Waals surface area contributed by atoms with Crippen LogP contribution in [0.4, 0.5) is 13.2 Å². The second-order valence-corrected chi connectivity index (χ2v) is 3.57. The number of aromatic nitrogens is 3. The first-order valence-electron chi connectivity index (χ1n) is 4.97. The molecule has 1 rings (SSSR count). The lowest BCUT2D eigenvalue weighted by atomic mass is 10.3. The predicted molar refractivity (Wildman–Crippen MR) is 51.4 cm³/mol. The van der Waals surface area contributed by atoms with Gasteiger partial charge < -0.3 is 9.67 Å². The molecule has 0 spiro atoms. The molecule has 0 aromatic carbocycles. The van der Waals surface area contributed by atoms with Crippen LogP contribution in [0.2, 0.25) is 0 Å². The highest BCUT2D eigenvalue weighted by atomic mass is 19.4. The predicted octanol–water partition coefficient (Wildman–Crippen LogP) is 1.56. The third kappa shape index (κ3) is 4.41. The minimum Gasteiger partial charge on any atom is -0.481 e. The Morgan fingerprint density at radius 3 is 2.59 bits per heavy atom. The molecule has 0 aliphatic rings. The van der Waals surface area contributed by atoms with Crippen molar-refractivity contribution in [1.29, 1.82) is 0 Å². The van der Waals surface area contributed by atoms with Crippen molar-refractivity contribution in [3.8, 4) is 0 Å². The first-order valence-corrected chi connectivity index (χ1v) is 4.97. The molecule has 0 aliphatic carbocycles. The van der Waals surface area contributed by atoms with Gasteiger partial charge >= 0.3 is 12.1 Å². The Hall–Kier alpha value is -1.60. The van der Waals surface area contributed by atoms with E-state index in [0.717, 1.165) is 0 Å². The highest BCUT2D eigenvalue weighted by Gasteiger charge is 2.27. The van der Waals surface area contributed by atoms with E-state index in [-0.39, 0.29) is 25.2 Å². The van der Waals surface area contributed by atoms with Gasteiger partial charge in [0.1, 0.15) is 11.6 Å². The smallest absolute Gasteiger partial charge is 0.389 e. The summed E-state index contributed by atoms with van der Waals surface area (Å²) >= 11 is 0. The van der Waals surface area contributed by atoms with E-state index in [1.165, 1.54) is 4.57 Å². The maximum Gasteiger partial charge on any atom is 0.389 e. The zero-order valence-corrected chi connectivity index (χ0v) is 9.16. The van der Waals surface area contributed by atoms with Crippen molar-refractivity contribution in [1.82, 2.24) is 14.8 Å². The average molecular weight is 251 g/mol. The fourth-order valence-electron chi connectivity index (χ4n) is 1.36. The molecule has 96 valence electrons. The summed E-state index contributed by atoms with van der Waals surface area (Å²) in [6.07, 6.45) is -5.70. The Bertz CT molecular complexity index is 401. The Morgan fingerprint density at radius 2 is 2.06 bits per heavy atom. The van der Waals surface area contributed by atoms with Gasteiger partial charge in [0, 0.05) is 13.0 Å². The minimum absolute atomic E-state index is 0.0847. The average Bonchev–Trinajstić information content (AvgIpc) is 2.52. The molecule has 0 atom stereocenters. The van der Waals surface area contributed by atoms with Gasteiger partial charge in [0.05, 0.1) is 12.8 Å². The molecule has 1 heterocycles. The lowest BCUT2D eigenvalue weighted by Crippen LogP contribution is -2.14. The van der Waals surface area contributed by atoms with Crippen molar-refractivity contribution in [3.63, 3.8) is 0 Å². The number of carboxylic acid groups (broad SMARTS) is 1. The molecule has 0 unspecified atom stereocenters. The number of aliphatic carboxylic acids is 1. The fraction of sp³-hybridized carbons (Fsp3) is 0.667. The van der Waals surface area contributed by atoms with E-state index in [1.54, 1.807) is 6.92 Å². The summed E-state index contributed by atoms with van der Waals surface area (Å²) in [4.78, 5) is 10.4. The van der Waals surface area contributed by atoms with Gasteiger partial charge in [-0.15, -0.1) is 10.2 Å². The number of nitrogens with zero attached hydrogens (tertiary/aromatic N) is 3. The van der Waals surface area contributed by atoms with Crippen molar-refractivity contribution < 1.29 is 23.1 Å². The molecular formula is C9H12F3N3O2. The van der Waals surface area contributed by atoms with E-state index >= 15 is 0 Å². The van der Waals surface area contributed by atoms with Gasteiger partial charge in [-0.3, -0.25) is 4.79 Å². The molecule has 1 aromatic rings. The van der Waals surface area contributed by atoms with Crippen LogP contribution in [0, 0.1) is 6.92 Å². The molecule has 1 N–H and O–H groups in total. The molecule has 0 saturated carbocycles. The maximum absolute atomic E-state index is 12.0. The van der Waals surface area contributed by atoms with E-state index in [9.17, 15) is 18.0 Å². The zero-order valence-electron chi connectivity index (χ0n) is 9.16. The van der Waals surface area contributed by atoms with Crippen LogP contribution in [-0.2, 0) is 17.8 Å². The molecule has 0 saturated heterocycles. The summed E-state index contributed by atoms with van der Waals surface area (Å²) in [7, 11) is 0. The Labute approximate surface area is 95.3 Å². The molecule has 0 amide bonds. The Kier molecular flexibility index (Phi) is 4.08. The number of hydrogen-bond donors (Lipinski definition) is 1. The zero-order chi connectivity index (χ0) is 13.1. The third-order valence-corrected chi connectivity index (χ3v) is 2.19. The molecule has 17 heavy (non-hydrogen) atoms. The highest BCUT2D eigenvalue weighted by Crippen LogP contribution is 2.21. The number of carboxylic acids is 1. The summed E-state index contributed by atoms with van der Waals surface area (Å²) in [6.45, 7) is 1.66. The van der Waals surface area contributed by atoms with Gasteiger partial charge in [-0.2, -0.15) is 13.2 Å². The highest BCUT2D eigenvalue weighted by molar-refractivity contribution is 5.66. The van der Waals surface area contributed by atoms with Crippen LogP contribution in [0.3, 0.4) is 0 Å². The van der Waals surface area contributed by atoms with Crippen molar-refractivity contribution in [2.45, 2.75) is 38.9 Å². The van der Waals surface area contributed by atoms with E-state index < -0.39 is 18.6 Å². The number of alkyl halides is 3. The molecule has 5 nitrogen and oxygen atoms in total. The largest absolute Gasteiger partial charge is 0.481 e. The first kappa shape index (κ1) is 13.5. The normalized spacial score (nSPS) is 11.8. The lowest BCUT2D eigenvalue weighted by molar-refractivity contribution is -0.137. The SMILES string of the molecule is Cc1nnc(CCC(F)(F)F)n1CCC(=O)O. The second-order valence-electron chi connectivity index (χ2n) is 3.57. The Morgan fingerprint density at radius 1 is 1.41 bits per heavy atom. The van der Waals surface area contributed by atoms with Crippen LogP contribution in [0.15, 0.2) is 0 Å². The molecule has 8 heteroatoms. The van der Waals surface area contributed by atoms with Gasteiger partial charge in [0.15, 0.2) is 0 Å². The van der Waals surface area contributed by atoms with Crippen LogP contribution in [0.5, 0.6) is 0 Å². The number of halogens is 3. The van der Waals surface area contributed by atoms with Crippen molar-refractivity contribution in [3.05, 3.63) is 11.6 Å². The third-order valence-electron chi connectivity index (χ3n) is 2.19. The first-order chi connectivity index (χ1) is 7.79. The monoisotopic (exact) mass is 251 g/mol. The topological polar surface area (TPSA) is 68.0 Å². The van der Waals surface area contributed by atoms with Gasteiger partial charge in [0.25, 0.3) is 0 Å². The summed E-state index contributed by atoms with van der Waals surface area (Å²) < 4.78 is 37.5. The van der Waals surface area contributed by atoms with Crippen LogP contribution in [-0.4, -0.2) is 32.0 Å². The van der Waals surface area contributed by atoms with Gasteiger partial charge in [-0.25, -0.2) is 0 Å². The molecule has 0 bridgehead atoms. The van der Waals surface area contributed by atoms with Gasteiger partial charge in [0.2, 0.25) is 0 Å².